The Balaban J connectivity index is 1.81. The number of amides is 1. The lowest BCUT2D eigenvalue weighted by Crippen LogP contribution is -2.29. The number of aliphatic hydroxyl groups excluding tert-OH is 1. The summed E-state index contributed by atoms with van der Waals surface area (Å²) in [4.78, 5) is 11.7. The molecule has 3 nitrogen and oxygen atoms in total. The summed E-state index contributed by atoms with van der Waals surface area (Å²) in [6.07, 6.45) is 6.40. The van der Waals surface area contributed by atoms with Gasteiger partial charge in [0.1, 0.15) is 0 Å². The van der Waals surface area contributed by atoms with Gasteiger partial charge in [0, 0.05) is 19.2 Å². The predicted molar refractivity (Wildman–Crippen MR) is 76.6 cm³/mol. The summed E-state index contributed by atoms with van der Waals surface area (Å²) < 4.78 is 0. The van der Waals surface area contributed by atoms with Gasteiger partial charge in [0.2, 0.25) is 5.91 Å². The summed E-state index contributed by atoms with van der Waals surface area (Å²) in [5.74, 6) is -0.0641. The zero-order chi connectivity index (χ0) is 13.7. The summed E-state index contributed by atoms with van der Waals surface area (Å²) in [5.41, 5.74) is 2.38. The molecule has 1 fully saturated rings. The van der Waals surface area contributed by atoms with E-state index in [-0.39, 0.29) is 17.9 Å². The molecule has 1 aliphatic rings. The van der Waals surface area contributed by atoms with Gasteiger partial charge in [-0.25, -0.2) is 0 Å². The van der Waals surface area contributed by atoms with Crippen LogP contribution in [0.1, 0.15) is 30.4 Å². The molecule has 0 spiro atoms. The quantitative estimate of drug-likeness (QED) is 0.770. The number of aliphatic hydroxyl groups is 1. The molecule has 1 aliphatic carbocycles. The van der Waals surface area contributed by atoms with Crippen molar-refractivity contribution >= 4 is 12.0 Å². The Morgan fingerprint density at radius 2 is 2.26 bits per heavy atom. The molecule has 1 amide bonds. The van der Waals surface area contributed by atoms with E-state index in [2.05, 4.69) is 5.32 Å². The minimum Gasteiger partial charge on any atom is -0.396 e. The van der Waals surface area contributed by atoms with Crippen LogP contribution in [0.4, 0.5) is 0 Å². The van der Waals surface area contributed by atoms with Gasteiger partial charge in [-0.2, -0.15) is 0 Å². The van der Waals surface area contributed by atoms with Crippen LogP contribution in [0.25, 0.3) is 6.08 Å². The Bertz CT molecular complexity index is 475. The summed E-state index contributed by atoms with van der Waals surface area (Å²) in [6, 6.07) is 8.03. The molecule has 0 heterocycles. The molecule has 1 aromatic rings. The first-order chi connectivity index (χ1) is 9.13. The van der Waals surface area contributed by atoms with Gasteiger partial charge in [0.05, 0.1) is 0 Å². The Morgan fingerprint density at radius 1 is 1.47 bits per heavy atom. The molecular formula is C16H21NO2. The van der Waals surface area contributed by atoms with E-state index in [9.17, 15) is 4.79 Å². The largest absolute Gasteiger partial charge is 0.396 e. The maximum absolute atomic E-state index is 11.7. The first kappa shape index (κ1) is 13.8. The van der Waals surface area contributed by atoms with E-state index in [1.54, 1.807) is 6.08 Å². The number of nitrogens with one attached hydrogen (secondary N) is 1. The summed E-state index contributed by atoms with van der Waals surface area (Å²) in [6.45, 7) is 2.91. The summed E-state index contributed by atoms with van der Waals surface area (Å²) >= 11 is 0. The maximum Gasteiger partial charge on any atom is 0.244 e. The fraction of sp³-hybridized carbons (Fsp3) is 0.438. The monoisotopic (exact) mass is 259 g/mol. The minimum absolute atomic E-state index is 0.0641. The number of carbonyl (C=O) groups is 1. The highest BCUT2D eigenvalue weighted by molar-refractivity contribution is 5.91. The Morgan fingerprint density at radius 3 is 2.89 bits per heavy atom. The van der Waals surface area contributed by atoms with Gasteiger partial charge in [0.15, 0.2) is 0 Å². The van der Waals surface area contributed by atoms with Crippen molar-refractivity contribution in [3.05, 3.63) is 41.5 Å². The van der Waals surface area contributed by atoms with Crippen LogP contribution in [0, 0.1) is 12.3 Å². The molecule has 2 N–H and O–H groups in total. The van der Waals surface area contributed by atoms with Crippen LogP contribution in [0.2, 0.25) is 0 Å². The number of carbonyl (C=O) groups excluding carboxylic acids is 1. The second-order valence-corrected chi connectivity index (χ2v) is 5.44. The molecule has 1 aromatic carbocycles. The summed E-state index contributed by atoms with van der Waals surface area (Å²) in [7, 11) is 0. The van der Waals surface area contributed by atoms with Gasteiger partial charge in [-0.1, -0.05) is 29.8 Å². The molecule has 0 bridgehead atoms. The topological polar surface area (TPSA) is 49.3 Å². The van der Waals surface area contributed by atoms with E-state index in [0.29, 0.717) is 6.54 Å². The number of benzene rings is 1. The number of hydrogen-bond donors (Lipinski definition) is 2. The highest BCUT2D eigenvalue weighted by Gasteiger charge is 2.41. The smallest absolute Gasteiger partial charge is 0.244 e. The molecule has 2 rings (SSSR count). The molecule has 1 saturated carbocycles. The van der Waals surface area contributed by atoms with Gasteiger partial charge in [-0.15, -0.1) is 0 Å². The van der Waals surface area contributed by atoms with Gasteiger partial charge in [0.25, 0.3) is 0 Å². The van der Waals surface area contributed by atoms with Crippen LogP contribution >= 0.6 is 0 Å². The highest BCUT2D eigenvalue weighted by atomic mass is 16.3. The normalized spacial score (nSPS) is 16.5. The summed E-state index contributed by atoms with van der Waals surface area (Å²) in [5, 5.41) is 11.9. The molecular weight excluding hydrogens is 238 g/mol. The average Bonchev–Trinajstić information content (AvgIpc) is 3.15. The molecule has 0 unspecified atom stereocenters. The standard InChI is InChI=1S/C16H21NO2/c1-13-3-2-4-14(11-13)5-6-15(19)17-12-16(7-8-16)9-10-18/h2-6,11,18H,7-10,12H2,1H3,(H,17,19)/b6-5+. The van der Waals surface area contributed by atoms with E-state index in [0.717, 1.165) is 24.8 Å². The van der Waals surface area contributed by atoms with Crippen LogP contribution in [-0.2, 0) is 4.79 Å². The Labute approximate surface area is 114 Å². The van der Waals surface area contributed by atoms with E-state index in [1.165, 1.54) is 5.56 Å². The minimum atomic E-state index is -0.0641. The van der Waals surface area contributed by atoms with Crippen LogP contribution in [0.5, 0.6) is 0 Å². The zero-order valence-corrected chi connectivity index (χ0v) is 11.4. The number of hydrogen-bond acceptors (Lipinski definition) is 2. The van der Waals surface area contributed by atoms with E-state index in [4.69, 9.17) is 5.11 Å². The first-order valence-corrected chi connectivity index (χ1v) is 6.77. The van der Waals surface area contributed by atoms with Crippen molar-refractivity contribution in [2.24, 2.45) is 5.41 Å². The molecule has 0 radical (unpaired) electrons. The molecule has 0 aliphatic heterocycles. The first-order valence-electron chi connectivity index (χ1n) is 6.77. The molecule has 0 aromatic heterocycles. The lowest BCUT2D eigenvalue weighted by Gasteiger charge is -2.13. The van der Waals surface area contributed by atoms with Gasteiger partial charge < -0.3 is 10.4 Å². The fourth-order valence-corrected chi connectivity index (χ4v) is 2.21. The second kappa shape index (κ2) is 6.02. The third-order valence-corrected chi connectivity index (χ3v) is 3.71. The van der Waals surface area contributed by atoms with E-state index < -0.39 is 0 Å². The van der Waals surface area contributed by atoms with Crippen molar-refractivity contribution < 1.29 is 9.90 Å². The van der Waals surface area contributed by atoms with Crippen molar-refractivity contribution in [2.75, 3.05) is 13.2 Å². The van der Waals surface area contributed by atoms with Gasteiger partial charge >= 0.3 is 0 Å². The third kappa shape index (κ3) is 4.21. The number of rotatable bonds is 6. The van der Waals surface area contributed by atoms with Crippen LogP contribution in [0.15, 0.2) is 30.3 Å². The highest BCUT2D eigenvalue weighted by Crippen LogP contribution is 2.47. The van der Waals surface area contributed by atoms with E-state index in [1.807, 2.05) is 37.3 Å². The van der Waals surface area contributed by atoms with Crippen LogP contribution in [0.3, 0.4) is 0 Å². The second-order valence-electron chi connectivity index (χ2n) is 5.44. The van der Waals surface area contributed by atoms with Crippen molar-refractivity contribution in [1.29, 1.82) is 0 Å². The Kier molecular flexibility index (Phi) is 4.38. The predicted octanol–water partition coefficient (Wildman–Crippen LogP) is 2.29. The lowest BCUT2D eigenvalue weighted by atomic mass is 10.0. The van der Waals surface area contributed by atoms with Crippen molar-refractivity contribution in [2.45, 2.75) is 26.2 Å². The van der Waals surface area contributed by atoms with E-state index >= 15 is 0 Å². The third-order valence-electron chi connectivity index (χ3n) is 3.71. The average molecular weight is 259 g/mol. The van der Waals surface area contributed by atoms with Crippen molar-refractivity contribution in [3.63, 3.8) is 0 Å². The van der Waals surface area contributed by atoms with Gasteiger partial charge in [-0.3, -0.25) is 4.79 Å². The Hall–Kier alpha value is -1.61. The number of aryl methyl sites for hydroxylation is 1. The molecule has 0 saturated heterocycles. The van der Waals surface area contributed by atoms with Crippen molar-refractivity contribution in [3.8, 4) is 0 Å². The lowest BCUT2D eigenvalue weighted by molar-refractivity contribution is -0.116. The van der Waals surface area contributed by atoms with Crippen LogP contribution < -0.4 is 5.32 Å². The SMILES string of the molecule is Cc1cccc(/C=C/C(=O)NCC2(CCO)CC2)c1. The van der Waals surface area contributed by atoms with Crippen molar-refractivity contribution in [1.82, 2.24) is 5.32 Å². The van der Waals surface area contributed by atoms with Gasteiger partial charge in [-0.05, 0) is 43.2 Å². The molecule has 0 atom stereocenters. The fourth-order valence-electron chi connectivity index (χ4n) is 2.21. The molecule has 102 valence electrons. The van der Waals surface area contributed by atoms with Crippen LogP contribution in [-0.4, -0.2) is 24.2 Å². The zero-order valence-electron chi connectivity index (χ0n) is 11.4. The molecule has 19 heavy (non-hydrogen) atoms. The maximum atomic E-state index is 11.7. The molecule has 3 heteroatoms.